The Balaban J connectivity index is 2.78. The lowest BCUT2D eigenvalue weighted by Crippen LogP contribution is -1.88. The van der Waals surface area contributed by atoms with Crippen LogP contribution in [0.1, 0.15) is 18.1 Å². The Bertz CT molecular complexity index is 517. The smallest absolute Gasteiger partial charge is 0.106 e. The summed E-state index contributed by atoms with van der Waals surface area (Å²) in [4.78, 5) is 4.30. The van der Waals surface area contributed by atoms with Crippen molar-refractivity contribution in [1.82, 2.24) is 9.55 Å². The van der Waals surface area contributed by atoms with Crippen molar-refractivity contribution >= 4 is 11.0 Å². The molecule has 0 saturated heterocycles. The van der Waals surface area contributed by atoms with E-state index < -0.39 is 0 Å². The van der Waals surface area contributed by atoms with Crippen molar-refractivity contribution in [3.63, 3.8) is 0 Å². The molecule has 0 aliphatic rings. The predicted molar refractivity (Wildman–Crippen MR) is 54.8 cm³/mol. The fourth-order valence-electron chi connectivity index (χ4n) is 1.57. The highest BCUT2D eigenvalue weighted by atomic mass is 14.9. The van der Waals surface area contributed by atoms with Gasteiger partial charge in [-0.3, -0.25) is 4.98 Å². The van der Waals surface area contributed by atoms with Gasteiger partial charge in [0.1, 0.15) is 11.6 Å². The van der Waals surface area contributed by atoms with E-state index >= 15 is 0 Å². The molecule has 0 radical (unpaired) electrons. The van der Waals surface area contributed by atoms with Crippen LogP contribution in [0.15, 0.2) is 18.5 Å². The summed E-state index contributed by atoms with van der Waals surface area (Å²) in [6.07, 6.45) is 4.62. The van der Waals surface area contributed by atoms with Crippen LogP contribution >= 0.6 is 0 Å². The Labute approximate surface area is 82.6 Å². The topological polar surface area (TPSA) is 41.6 Å². The minimum Gasteiger partial charge on any atom is -0.348 e. The van der Waals surface area contributed by atoms with Gasteiger partial charge in [0, 0.05) is 19.4 Å². The Morgan fingerprint density at radius 3 is 3.00 bits per heavy atom. The second-order valence-electron chi connectivity index (χ2n) is 3.33. The van der Waals surface area contributed by atoms with E-state index in [1.807, 2.05) is 24.0 Å². The number of nitriles is 1. The molecule has 3 heteroatoms. The van der Waals surface area contributed by atoms with Gasteiger partial charge in [-0.25, -0.2) is 0 Å². The average molecular weight is 185 g/mol. The standard InChI is InChI=1S/C11H11N3/c1-3-8-4-10-11(13-6-8)9(5-12)7-14(10)2/h4,6-7H,3H2,1-2H3. The van der Waals surface area contributed by atoms with E-state index in [2.05, 4.69) is 24.0 Å². The normalized spacial score (nSPS) is 10.4. The van der Waals surface area contributed by atoms with E-state index in [1.54, 1.807) is 0 Å². The number of nitrogens with zero attached hydrogens (tertiary/aromatic N) is 3. The van der Waals surface area contributed by atoms with E-state index in [9.17, 15) is 0 Å². The lowest BCUT2D eigenvalue weighted by Gasteiger charge is -1.98. The highest BCUT2D eigenvalue weighted by Crippen LogP contribution is 2.18. The molecule has 0 aromatic carbocycles. The Kier molecular flexibility index (Phi) is 1.97. The molecule has 2 aromatic heterocycles. The van der Waals surface area contributed by atoms with Crippen molar-refractivity contribution in [3.05, 3.63) is 29.6 Å². The summed E-state index contributed by atoms with van der Waals surface area (Å²) in [7, 11) is 1.93. The van der Waals surface area contributed by atoms with Crippen molar-refractivity contribution < 1.29 is 0 Å². The molecule has 0 bridgehead atoms. The van der Waals surface area contributed by atoms with Crippen LogP contribution in [0.25, 0.3) is 11.0 Å². The van der Waals surface area contributed by atoms with E-state index in [0.29, 0.717) is 5.56 Å². The molecule has 14 heavy (non-hydrogen) atoms. The third-order valence-electron chi connectivity index (χ3n) is 2.41. The van der Waals surface area contributed by atoms with Crippen molar-refractivity contribution in [2.75, 3.05) is 0 Å². The van der Waals surface area contributed by atoms with Gasteiger partial charge in [-0.1, -0.05) is 6.92 Å². The number of pyridine rings is 1. The summed E-state index contributed by atoms with van der Waals surface area (Å²) in [6.45, 7) is 2.09. The van der Waals surface area contributed by atoms with Crippen LogP contribution < -0.4 is 0 Å². The zero-order chi connectivity index (χ0) is 10.1. The Morgan fingerprint density at radius 1 is 1.57 bits per heavy atom. The highest BCUT2D eigenvalue weighted by Gasteiger charge is 2.07. The van der Waals surface area contributed by atoms with Crippen LogP contribution in [0.4, 0.5) is 0 Å². The first-order valence-electron chi connectivity index (χ1n) is 4.60. The molecular formula is C11H11N3. The maximum absolute atomic E-state index is 8.87. The first-order valence-corrected chi connectivity index (χ1v) is 4.60. The second kappa shape index (κ2) is 3.15. The van der Waals surface area contributed by atoms with E-state index in [1.165, 1.54) is 5.56 Å². The number of rotatable bonds is 1. The van der Waals surface area contributed by atoms with Crippen LogP contribution in [0, 0.1) is 11.3 Å². The summed E-state index contributed by atoms with van der Waals surface area (Å²) in [5.74, 6) is 0. The monoisotopic (exact) mass is 185 g/mol. The van der Waals surface area contributed by atoms with Gasteiger partial charge in [0.15, 0.2) is 0 Å². The zero-order valence-corrected chi connectivity index (χ0v) is 8.28. The number of fused-ring (bicyclic) bond motifs is 1. The lowest BCUT2D eigenvalue weighted by atomic mass is 10.2. The quantitative estimate of drug-likeness (QED) is 0.682. The summed E-state index contributed by atoms with van der Waals surface area (Å²) in [6, 6.07) is 4.23. The van der Waals surface area contributed by atoms with Crippen LogP contribution in [0.3, 0.4) is 0 Å². The molecule has 0 aliphatic carbocycles. The predicted octanol–water partition coefficient (Wildman–Crippen LogP) is 2.01. The van der Waals surface area contributed by atoms with Gasteiger partial charge in [0.2, 0.25) is 0 Å². The third-order valence-corrected chi connectivity index (χ3v) is 2.41. The molecule has 0 atom stereocenters. The number of hydrogen-bond acceptors (Lipinski definition) is 2. The van der Waals surface area contributed by atoms with Crippen molar-refractivity contribution in [2.24, 2.45) is 7.05 Å². The number of aryl methyl sites for hydroxylation is 2. The van der Waals surface area contributed by atoms with Gasteiger partial charge in [-0.05, 0) is 18.1 Å². The summed E-state index contributed by atoms with van der Waals surface area (Å²) < 4.78 is 1.94. The SMILES string of the molecule is CCc1cnc2c(C#N)cn(C)c2c1. The van der Waals surface area contributed by atoms with E-state index in [0.717, 1.165) is 17.5 Å². The molecule has 0 unspecified atom stereocenters. The molecule has 0 spiro atoms. The number of hydrogen-bond donors (Lipinski definition) is 0. The van der Waals surface area contributed by atoms with Gasteiger partial charge in [-0.15, -0.1) is 0 Å². The van der Waals surface area contributed by atoms with Crippen molar-refractivity contribution in [2.45, 2.75) is 13.3 Å². The molecular weight excluding hydrogens is 174 g/mol. The average Bonchev–Trinajstić information content (AvgIpc) is 2.55. The van der Waals surface area contributed by atoms with Gasteiger partial charge in [0.05, 0.1) is 11.1 Å². The van der Waals surface area contributed by atoms with Gasteiger partial charge in [-0.2, -0.15) is 5.26 Å². The lowest BCUT2D eigenvalue weighted by molar-refractivity contribution is 0.963. The largest absolute Gasteiger partial charge is 0.348 e. The van der Waals surface area contributed by atoms with Crippen molar-refractivity contribution in [1.29, 1.82) is 5.26 Å². The first-order chi connectivity index (χ1) is 6.76. The van der Waals surface area contributed by atoms with Gasteiger partial charge >= 0.3 is 0 Å². The summed E-state index contributed by atoms with van der Waals surface area (Å²) in [5.41, 5.74) is 3.67. The fourth-order valence-corrected chi connectivity index (χ4v) is 1.57. The van der Waals surface area contributed by atoms with Crippen LogP contribution in [0.5, 0.6) is 0 Å². The first kappa shape index (κ1) is 8.76. The molecule has 2 heterocycles. The number of aromatic nitrogens is 2. The molecule has 3 nitrogen and oxygen atoms in total. The Morgan fingerprint density at radius 2 is 2.36 bits per heavy atom. The molecule has 0 aliphatic heterocycles. The van der Waals surface area contributed by atoms with Crippen LogP contribution in [-0.2, 0) is 13.5 Å². The molecule has 70 valence electrons. The maximum atomic E-state index is 8.87. The summed E-state index contributed by atoms with van der Waals surface area (Å²) >= 11 is 0. The molecule has 0 saturated carbocycles. The highest BCUT2D eigenvalue weighted by molar-refractivity contribution is 5.82. The van der Waals surface area contributed by atoms with Crippen LogP contribution in [-0.4, -0.2) is 9.55 Å². The van der Waals surface area contributed by atoms with Gasteiger partial charge in [0.25, 0.3) is 0 Å². The Hall–Kier alpha value is -1.82. The molecule has 0 N–H and O–H groups in total. The third kappa shape index (κ3) is 1.16. The molecule has 0 amide bonds. The van der Waals surface area contributed by atoms with Crippen LogP contribution in [0.2, 0.25) is 0 Å². The molecule has 2 aromatic rings. The minimum absolute atomic E-state index is 0.644. The maximum Gasteiger partial charge on any atom is 0.106 e. The molecule has 0 fully saturated rings. The second-order valence-corrected chi connectivity index (χ2v) is 3.33. The van der Waals surface area contributed by atoms with E-state index in [-0.39, 0.29) is 0 Å². The zero-order valence-electron chi connectivity index (χ0n) is 8.28. The van der Waals surface area contributed by atoms with Gasteiger partial charge < -0.3 is 4.57 Å². The summed E-state index contributed by atoms with van der Waals surface area (Å²) in [5, 5.41) is 8.87. The molecule has 2 rings (SSSR count). The fraction of sp³-hybridized carbons (Fsp3) is 0.273. The van der Waals surface area contributed by atoms with Crippen molar-refractivity contribution in [3.8, 4) is 6.07 Å². The van der Waals surface area contributed by atoms with E-state index in [4.69, 9.17) is 5.26 Å². The minimum atomic E-state index is 0.644.